The van der Waals surface area contributed by atoms with Crippen LogP contribution in [0.5, 0.6) is 0 Å². The summed E-state index contributed by atoms with van der Waals surface area (Å²) in [4.78, 5) is 18.9. The highest BCUT2D eigenvalue weighted by atomic mass is 32.2. The zero-order valence-electron chi connectivity index (χ0n) is 14.2. The Hall–Kier alpha value is -1.20. The Kier molecular flexibility index (Phi) is 5.49. The van der Waals surface area contributed by atoms with E-state index in [-0.39, 0.29) is 11.3 Å². The Balaban J connectivity index is 1.59. The maximum atomic E-state index is 12.2. The zero-order chi connectivity index (χ0) is 16.2. The molecule has 0 spiro atoms. The van der Waals surface area contributed by atoms with Gasteiger partial charge in [0.15, 0.2) is 0 Å². The van der Waals surface area contributed by atoms with E-state index < -0.39 is 0 Å². The van der Waals surface area contributed by atoms with Gasteiger partial charge in [0.25, 0.3) is 0 Å². The van der Waals surface area contributed by atoms with Crippen molar-refractivity contribution in [2.24, 2.45) is 0 Å². The van der Waals surface area contributed by atoms with Crippen LogP contribution < -0.4 is 4.90 Å². The molecule has 2 aliphatic heterocycles. The number of rotatable bonds is 6. The molecule has 1 amide bonds. The van der Waals surface area contributed by atoms with Gasteiger partial charge in [-0.2, -0.15) is 0 Å². The van der Waals surface area contributed by atoms with Crippen molar-refractivity contribution in [3.63, 3.8) is 0 Å². The molecule has 126 valence electrons. The molecule has 0 saturated carbocycles. The van der Waals surface area contributed by atoms with Crippen molar-refractivity contribution in [3.05, 3.63) is 29.8 Å². The molecule has 2 heterocycles. The number of hydrogen-bond donors (Lipinski definition) is 0. The Morgan fingerprint density at radius 2 is 1.83 bits per heavy atom. The van der Waals surface area contributed by atoms with Gasteiger partial charge in [-0.15, -0.1) is 11.8 Å². The van der Waals surface area contributed by atoms with E-state index in [0.717, 1.165) is 19.5 Å². The fourth-order valence-corrected chi connectivity index (χ4v) is 4.60. The Morgan fingerprint density at radius 1 is 1.13 bits per heavy atom. The monoisotopic (exact) mass is 333 g/mol. The van der Waals surface area contributed by atoms with Crippen LogP contribution in [0.1, 0.15) is 30.2 Å². The smallest absolute Gasteiger partial charge is 0.233 e. The van der Waals surface area contributed by atoms with Crippen molar-refractivity contribution in [2.45, 2.75) is 24.6 Å². The van der Waals surface area contributed by atoms with Crippen LogP contribution in [0.25, 0.3) is 0 Å². The standard InChI is InChI=1S/C18H27N3OS/c1-19(2)16-8-6-15(7-9-16)18-21(17(22)14-23-18)13-5-12-20-10-3-4-11-20/h6-9,18H,3-5,10-14H2,1-2H3. The highest BCUT2D eigenvalue weighted by Gasteiger charge is 2.32. The lowest BCUT2D eigenvalue weighted by Gasteiger charge is -2.26. The largest absolute Gasteiger partial charge is 0.378 e. The molecular formula is C18H27N3OS. The van der Waals surface area contributed by atoms with Crippen LogP contribution in [0.15, 0.2) is 24.3 Å². The maximum Gasteiger partial charge on any atom is 0.233 e. The molecule has 0 aliphatic carbocycles. The summed E-state index contributed by atoms with van der Waals surface area (Å²) in [5, 5.41) is 0.192. The van der Waals surface area contributed by atoms with Crippen LogP contribution in [0.2, 0.25) is 0 Å². The molecular weight excluding hydrogens is 306 g/mol. The first-order valence-corrected chi connectivity index (χ1v) is 9.61. The molecule has 2 fully saturated rings. The molecule has 2 saturated heterocycles. The molecule has 4 nitrogen and oxygen atoms in total. The second-order valence-corrected chi connectivity index (χ2v) is 7.71. The fourth-order valence-electron chi connectivity index (χ4n) is 3.38. The molecule has 5 heteroatoms. The number of carbonyl (C=O) groups is 1. The van der Waals surface area contributed by atoms with Crippen molar-refractivity contribution >= 4 is 23.4 Å². The molecule has 0 N–H and O–H groups in total. The quantitative estimate of drug-likeness (QED) is 0.800. The van der Waals surface area contributed by atoms with Crippen molar-refractivity contribution in [2.75, 3.05) is 50.9 Å². The van der Waals surface area contributed by atoms with Crippen molar-refractivity contribution in [3.8, 4) is 0 Å². The lowest BCUT2D eigenvalue weighted by molar-refractivity contribution is -0.128. The second-order valence-electron chi connectivity index (χ2n) is 6.64. The fraction of sp³-hybridized carbons (Fsp3) is 0.611. The minimum Gasteiger partial charge on any atom is -0.378 e. The third-order valence-corrected chi connectivity index (χ3v) is 5.99. The molecule has 1 atom stereocenters. The Bertz CT molecular complexity index is 526. The van der Waals surface area contributed by atoms with Gasteiger partial charge in [0.1, 0.15) is 5.37 Å². The predicted molar refractivity (Wildman–Crippen MR) is 98.0 cm³/mol. The third kappa shape index (κ3) is 4.01. The van der Waals surface area contributed by atoms with Gasteiger partial charge in [0, 0.05) is 26.3 Å². The van der Waals surface area contributed by atoms with Gasteiger partial charge < -0.3 is 14.7 Å². The molecule has 2 aliphatic rings. The molecule has 0 radical (unpaired) electrons. The highest BCUT2D eigenvalue weighted by Crippen LogP contribution is 2.39. The topological polar surface area (TPSA) is 26.8 Å². The SMILES string of the molecule is CN(C)c1ccc(C2SCC(=O)N2CCCN2CCCC2)cc1. The normalized spacial score (nSPS) is 22.1. The number of likely N-dealkylation sites (tertiary alicyclic amines) is 1. The van der Waals surface area contributed by atoms with Crippen molar-refractivity contribution in [1.29, 1.82) is 0 Å². The van der Waals surface area contributed by atoms with E-state index in [2.05, 4.69) is 39.0 Å². The van der Waals surface area contributed by atoms with Crippen molar-refractivity contribution in [1.82, 2.24) is 9.80 Å². The average Bonchev–Trinajstić information content (AvgIpc) is 3.18. The van der Waals surface area contributed by atoms with Gasteiger partial charge in [0.05, 0.1) is 5.75 Å². The number of amides is 1. The summed E-state index contributed by atoms with van der Waals surface area (Å²) in [6.45, 7) is 4.47. The van der Waals surface area contributed by atoms with Crippen LogP contribution in [-0.4, -0.2) is 61.7 Å². The van der Waals surface area contributed by atoms with Crippen LogP contribution in [-0.2, 0) is 4.79 Å². The van der Waals surface area contributed by atoms with E-state index in [1.165, 1.54) is 37.2 Å². The summed E-state index contributed by atoms with van der Waals surface area (Å²) in [6, 6.07) is 8.61. The first-order valence-electron chi connectivity index (χ1n) is 8.56. The first-order chi connectivity index (χ1) is 11.1. The van der Waals surface area contributed by atoms with E-state index in [0.29, 0.717) is 5.75 Å². The Morgan fingerprint density at radius 3 is 2.48 bits per heavy atom. The van der Waals surface area contributed by atoms with E-state index in [1.807, 2.05) is 14.1 Å². The van der Waals surface area contributed by atoms with E-state index in [9.17, 15) is 4.79 Å². The van der Waals surface area contributed by atoms with Crippen LogP contribution in [0.3, 0.4) is 0 Å². The van der Waals surface area contributed by atoms with Gasteiger partial charge in [-0.3, -0.25) is 4.79 Å². The maximum absolute atomic E-state index is 12.2. The number of anilines is 1. The van der Waals surface area contributed by atoms with Crippen LogP contribution >= 0.6 is 11.8 Å². The van der Waals surface area contributed by atoms with Crippen molar-refractivity contribution < 1.29 is 4.79 Å². The summed E-state index contributed by atoms with van der Waals surface area (Å²) in [6.07, 6.45) is 3.75. The summed E-state index contributed by atoms with van der Waals surface area (Å²) in [5.41, 5.74) is 2.44. The highest BCUT2D eigenvalue weighted by molar-refractivity contribution is 8.00. The molecule has 0 aromatic heterocycles. The number of carbonyl (C=O) groups excluding carboxylic acids is 1. The molecule has 3 rings (SSSR count). The van der Waals surface area contributed by atoms with Gasteiger partial charge in [-0.05, 0) is 56.6 Å². The minimum absolute atomic E-state index is 0.192. The van der Waals surface area contributed by atoms with E-state index >= 15 is 0 Å². The van der Waals surface area contributed by atoms with E-state index in [1.54, 1.807) is 11.8 Å². The Labute approximate surface area is 143 Å². The number of thioether (sulfide) groups is 1. The summed E-state index contributed by atoms with van der Waals surface area (Å²) in [5.74, 6) is 0.905. The third-order valence-electron chi connectivity index (χ3n) is 4.73. The average molecular weight is 334 g/mol. The van der Waals surface area contributed by atoms with Gasteiger partial charge in [0.2, 0.25) is 5.91 Å². The number of benzene rings is 1. The van der Waals surface area contributed by atoms with Crippen LogP contribution in [0.4, 0.5) is 5.69 Å². The predicted octanol–water partition coefficient (Wildman–Crippen LogP) is 2.81. The first kappa shape index (κ1) is 16.7. The van der Waals surface area contributed by atoms with Gasteiger partial charge in [-0.1, -0.05) is 12.1 Å². The lowest BCUT2D eigenvalue weighted by Crippen LogP contribution is -2.32. The number of hydrogen-bond acceptors (Lipinski definition) is 4. The zero-order valence-corrected chi connectivity index (χ0v) is 15.0. The summed E-state index contributed by atoms with van der Waals surface area (Å²) >= 11 is 1.76. The molecule has 1 aromatic rings. The van der Waals surface area contributed by atoms with Gasteiger partial charge >= 0.3 is 0 Å². The van der Waals surface area contributed by atoms with E-state index in [4.69, 9.17) is 0 Å². The lowest BCUT2D eigenvalue weighted by atomic mass is 10.1. The number of nitrogens with zero attached hydrogens (tertiary/aromatic N) is 3. The molecule has 0 bridgehead atoms. The minimum atomic E-state index is 0.192. The van der Waals surface area contributed by atoms with Crippen LogP contribution in [0, 0.1) is 0 Å². The summed E-state index contributed by atoms with van der Waals surface area (Å²) < 4.78 is 0. The second kappa shape index (κ2) is 7.58. The van der Waals surface area contributed by atoms with Gasteiger partial charge in [-0.25, -0.2) is 0 Å². The molecule has 1 aromatic carbocycles. The molecule has 1 unspecified atom stereocenters. The summed E-state index contributed by atoms with van der Waals surface area (Å²) in [7, 11) is 4.10. The molecule has 23 heavy (non-hydrogen) atoms.